The first-order valence-corrected chi connectivity index (χ1v) is 11.6. The Labute approximate surface area is 213 Å². The number of aliphatic hydroxyl groups is 1. The average molecular weight is 511 g/mol. The molecule has 0 bridgehead atoms. The summed E-state index contributed by atoms with van der Waals surface area (Å²) in [5.74, 6) is -1.07. The smallest absolute Gasteiger partial charge is 0.295 e. The molecule has 1 unspecified atom stereocenters. The van der Waals surface area contributed by atoms with Gasteiger partial charge in [0, 0.05) is 31.9 Å². The normalized spacial score (nSPS) is 17.1. The van der Waals surface area contributed by atoms with Crippen molar-refractivity contribution < 1.29 is 19.4 Å². The second-order valence-electron chi connectivity index (χ2n) is 8.39. The molecule has 1 saturated heterocycles. The van der Waals surface area contributed by atoms with E-state index in [2.05, 4.69) is 0 Å². The Balaban J connectivity index is 1.84. The predicted octanol–water partition coefficient (Wildman–Crippen LogP) is 5.69. The van der Waals surface area contributed by atoms with Crippen LogP contribution in [0.2, 0.25) is 10.0 Å². The van der Waals surface area contributed by atoms with Gasteiger partial charge in [0.05, 0.1) is 28.8 Å². The van der Waals surface area contributed by atoms with E-state index in [1.807, 2.05) is 55.4 Å². The third-order valence-corrected chi connectivity index (χ3v) is 6.71. The number of hydrogen-bond acceptors (Lipinski definition) is 5. The maximum absolute atomic E-state index is 13.2. The first-order valence-electron chi connectivity index (χ1n) is 10.8. The Morgan fingerprint density at radius 3 is 2.20 bits per heavy atom. The van der Waals surface area contributed by atoms with Gasteiger partial charge in [0.15, 0.2) is 0 Å². The number of ketones is 1. The number of ether oxygens (including phenoxy) is 1. The maximum atomic E-state index is 13.2. The third kappa shape index (κ3) is 4.85. The minimum absolute atomic E-state index is 0.000459. The molecular weight excluding hydrogens is 487 g/mol. The van der Waals surface area contributed by atoms with Crippen LogP contribution >= 0.6 is 23.2 Å². The number of anilines is 1. The Hall–Kier alpha value is -3.48. The number of aliphatic hydroxyl groups excluding tert-OH is 1. The summed E-state index contributed by atoms with van der Waals surface area (Å²) in [5, 5.41) is 11.8. The van der Waals surface area contributed by atoms with Gasteiger partial charge in [-0.2, -0.15) is 0 Å². The molecule has 0 saturated carbocycles. The van der Waals surface area contributed by atoms with Crippen LogP contribution in [-0.2, 0) is 16.1 Å². The number of rotatable bonds is 6. The van der Waals surface area contributed by atoms with Crippen molar-refractivity contribution >= 4 is 46.3 Å². The number of hydrogen-bond donors (Lipinski definition) is 1. The Kier molecular flexibility index (Phi) is 7.05. The quantitative estimate of drug-likeness (QED) is 0.262. The molecule has 0 radical (unpaired) electrons. The fraction of sp³-hybridized carbons (Fsp3) is 0.185. The highest BCUT2D eigenvalue weighted by Gasteiger charge is 2.46. The van der Waals surface area contributed by atoms with Gasteiger partial charge < -0.3 is 19.6 Å². The fourth-order valence-electron chi connectivity index (χ4n) is 4.07. The van der Waals surface area contributed by atoms with Gasteiger partial charge in [0.25, 0.3) is 11.7 Å². The first kappa shape index (κ1) is 24.6. The molecule has 1 atom stereocenters. The molecule has 4 rings (SSSR count). The molecule has 1 aliphatic heterocycles. The zero-order valence-electron chi connectivity index (χ0n) is 19.5. The summed E-state index contributed by atoms with van der Waals surface area (Å²) in [6.07, 6.45) is 0. The van der Waals surface area contributed by atoms with Gasteiger partial charge in [-0.25, -0.2) is 0 Å². The molecule has 1 fully saturated rings. The Morgan fingerprint density at radius 1 is 0.971 bits per heavy atom. The van der Waals surface area contributed by atoms with Gasteiger partial charge in [-0.15, -0.1) is 0 Å². The van der Waals surface area contributed by atoms with E-state index in [0.717, 1.165) is 11.3 Å². The lowest BCUT2D eigenvalue weighted by Gasteiger charge is -2.26. The highest BCUT2D eigenvalue weighted by Crippen LogP contribution is 2.41. The van der Waals surface area contributed by atoms with Gasteiger partial charge in [0.2, 0.25) is 0 Å². The number of Topliss-reactive ketones (excluding diaryl/α,β-unsaturated/α-hetero) is 1. The summed E-state index contributed by atoms with van der Waals surface area (Å²) in [6, 6.07) is 18.6. The van der Waals surface area contributed by atoms with Gasteiger partial charge in [-0.05, 0) is 53.6 Å². The maximum Gasteiger partial charge on any atom is 0.295 e. The van der Waals surface area contributed by atoms with Crippen molar-refractivity contribution in [2.75, 3.05) is 26.1 Å². The van der Waals surface area contributed by atoms with Gasteiger partial charge >= 0.3 is 0 Å². The summed E-state index contributed by atoms with van der Waals surface area (Å²) in [6.45, 7) is 0.173. The lowest BCUT2D eigenvalue weighted by atomic mass is 9.95. The molecular formula is C27H24Cl2N2O4. The van der Waals surface area contributed by atoms with E-state index in [1.165, 1.54) is 17.0 Å². The molecule has 35 heavy (non-hydrogen) atoms. The van der Waals surface area contributed by atoms with Crippen LogP contribution in [0.3, 0.4) is 0 Å². The molecule has 1 heterocycles. The van der Waals surface area contributed by atoms with Gasteiger partial charge in [0.1, 0.15) is 11.5 Å². The first-order chi connectivity index (χ1) is 16.7. The van der Waals surface area contributed by atoms with Crippen LogP contribution < -0.4 is 9.64 Å². The number of carbonyl (C=O) groups is 2. The zero-order chi connectivity index (χ0) is 25.3. The molecule has 0 aromatic heterocycles. The van der Waals surface area contributed by atoms with E-state index in [4.69, 9.17) is 27.9 Å². The number of likely N-dealkylation sites (tertiary alicyclic amines) is 1. The van der Waals surface area contributed by atoms with E-state index in [9.17, 15) is 14.7 Å². The van der Waals surface area contributed by atoms with Crippen molar-refractivity contribution in [1.29, 1.82) is 0 Å². The molecule has 3 aromatic rings. The van der Waals surface area contributed by atoms with E-state index < -0.39 is 17.7 Å². The van der Waals surface area contributed by atoms with Crippen molar-refractivity contribution in [3.8, 4) is 5.75 Å². The number of carbonyl (C=O) groups excluding carboxylic acids is 2. The molecule has 6 nitrogen and oxygen atoms in total. The lowest BCUT2D eigenvalue weighted by molar-refractivity contribution is -0.140. The largest absolute Gasteiger partial charge is 0.507 e. The Morgan fingerprint density at radius 2 is 1.63 bits per heavy atom. The standard InChI is InChI=1S/C27H24Cl2N2O4/c1-30(2)19-9-6-17(7-10-19)24-23(25(32)18-8-13-21(28)22(29)14-18)26(33)27(34)31(24)15-16-4-11-20(35-3)12-5-16/h4-14,24,32H,15H2,1-3H3/b25-23-. The zero-order valence-corrected chi connectivity index (χ0v) is 21.0. The van der Waals surface area contributed by atoms with E-state index in [-0.39, 0.29) is 22.9 Å². The highest BCUT2D eigenvalue weighted by atomic mass is 35.5. The molecule has 8 heteroatoms. The summed E-state index contributed by atoms with van der Waals surface area (Å²) < 4.78 is 5.21. The highest BCUT2D eigenvalue weighted by molar-refractivity contribution is 6.46. The van der Waals surface area contributed by atoms with Crippen LogP contribution in [-0.4, -0.2) is 42.9 Å². The van der Waals surface area contributed by atoms with Gasteiger partial charge in [-0.1, -0.05) is 47.5 Å². The summed E-state index contributed by atoms with van der Waals surface area (Å²) in [5.41, 5.74) is 2.78. The van der Waals surface area contributed by atoms with E-state index in [0.29, 0.717) is 21.9 Å². The number of amides is 1. The van der Waals surface area contributed by atoms with Crippen molar-refractivity contribution in [2.45, 2.75) is 12.6 Å². The number of nitrogens with zero attached hydrogens (tertiary/aromatic N) is 2. The minimum Gasteiger partial charge on any atom is -0.507 e. The predicted molar refractivity (Wildman–Crippen MR) is 138 cm³/mol. The van der Waals surface area contributed by atoms with Crippen molar-refractivity contribution in [2.24, 2.45) is 0 Å². The van der Waals surface area contributed by atoms with Crippen LogP contribution in [0.5, 0.6) is 5.75 Å². The molecule has 1 N–H and O–H groups in total. The monoisotopic (exact) mass is 510 g/mol. The van der Waals surface area contributed by atoms with Crippen LogP contribution in [0.1, 0.15) is 22.7 Å². The summed E-state index contributed by atoms with van der Waals surface area (Å²) in [7, 11) is 5.43. The number of benzene rings is 3. The topological polar surface area (TPSA) is 70.1 Å². The fourth-order valence-corrected chi connectivity index (χ4v) is 4.37. The molecule has 0 spiro atoms. The second-order valence-corrected chi connectivity index (χ2v) is 9.20. The second kappa shape index (κ2) is 10.0. The summed E-state index contributed by atoms with van der Waals surface area (Å²) in [4.78, 5) is 29.9. The minimum atomic E-state index is -0.789. The van der Waals surface area contributed by atoms with Crippen LogP contribution in [0, 0.1) is 0 Å². The van der Waals surface area contributed by atoms with Crippen molar-refractivity contribution in [1.82, 2.24) is 4.90 Å². The van der Waals surface area contributed by atoms with Crippen LogP contribution in [0.4, 0.5) is 5.69 Å². The van der Waals surface area contributed by atoms with Crippen LogP contribution in [0.15, 0.2) is 72.3 Å². The third-order valence-electron chi connectivity index (χ3n) is 5.97. The SMILES string of the molecule is COc1ccc(CN2C(=O)C(=O)/C(=C(\O)c3ccc(Cl)c(Cl)c3)C2c2ccc(N(C)C)cc2)cc1. The molecule has 1 amide bonds. The average Bonchev–Trinajstić information content (AvgIpc) is 3.10. The number of halogens is 2. The van der Waals surface area contributed by atoms with Crippen LogP contribution in [0.25, 0.3) is 5.76 Å². The number of methoxy groups -OCH3 is 1. The molecule has 1 aliphatic rings. The van der Waals surface area contributed by atoms with Crippen molar-refractivity contribution in [3.05, 3.63) is 99.0 Å². The molecule has 180 valence electrons. The van der Waals surface area contributed by atoms with E-state index >= 15 is 0 Å². The van der Waals surface area contributed by atoms with Crippen molar-refractivity contribution in [3.63, 3.8) is 0 Å². The molecule has 0 aliphatic carbocycles. The lowest BCUT2D eigenvalue weighted by Crippen LogP contribution is -2.29. The molecule has 3 aromatic carbocycles. The van der Waals surface area contributed by atoms with Gasteiger partial charge in [-0.3, -0.25) is 9.59 Å². The summed E-state index contributed by atoms with van der Waals surface area (Å²) >= 11 is 12.2. The van der Waals surface area contributed by atoms with E-state index in [1.54, 1.807) is 25.3 Å². The Bertz CT molecular complexity index is 1300.